The van der Waals surface area contributed by atoms with E-state index in [4.69, 9.17) is 9.15 Å². The number of H-pyrrole nitrogens is 1. The van der Waals surface area contributed by atoms with Gasteiger partial charge in [-0.3, -0.25) is 4.79 Å². The lowest BCUT2D eigenvalue weighted by molar-refractivity contribution is -0.122. The highest BCUT2D eigenvalue weighted by Gasteiger charge is 2.35. The Morgan fingerprint density at radius 3 is 2.81 bits per heavy atom. The van der Waals surface area contributed by atoms with Gasteiger partial charge >= 0.3 is 5.63 Å². The van der Waals surface area contributed by atoms with Gasteiger partial charge in [-0.2, -0.15) is 5.26 Å². The fraction of sp³-hybridized carbons (Fsp3) is 0.308. The van der Waals surface area contributed by atoms with Gasteiger partial charge in [0.05, 0.1) is 16.5 Å². The molecule has 4 aromatic rings. The summed E-state index contributed by atoms with van der Waals surface area (Å²) in [5.74, 6) is -0.148. The van der Waals surface area contributed by atoms with Crippen molar-refractivity contribution >= 4 is 33.5 Å². The molecule has 3 aromatic heterocycles. The molecule has 1 fully saturated rings. The molecule has 2 aliphatic rings. The van der Waals surface area contributed by atoms with Crippen molar-refractivity contribution in [2.75, 3.05) is 11.5 Å². The number of nitriles is 1. The zero-order valence-corrected chi connectivity index (χ0v) is 19.2. The maximum atomic E-state index is 13.8. The Hall–Kier alpha value is -4.23. The van der Waals surface area contributed by atoms with Crippen LogP contribution in [0.5, 0.6) is 5.88 Å². The number of amides is 1. The minimum absolute atomic E-state index is 0.00733. The number of carbonyl (C=O) groups is 1. The number of anilines is 1. The molecule has 9 nitrogen and oxygen atoms in total. The third kappa shape index (κ3) is 3.87. The van der Waals surface area contributed by atoms with E-state index in [0.717, 1.165) is 31.4 Å². The summed E-state index contributed by atoms with van der Waals surface area (Å²) in [6.07, 6.45) is 4.74. The molecule has 0 radical (unpaired) electrons. The van der Waals surface area contributed by atoms with Gasteiger partial charge in [0.25, 0.3) is 5.91 Å². The second-order valence-electron chi connectivity index (χ2n) is 9.21. The number of nitrogens with zero attached hydrogens (tertiary/aromatic N) is 3. The first-order valence-electron chi connectivity index (χ1n) is 11.8. The zero-order valence-electron chi connectivity index (χ0n) is 19.2. The number of rotatable bonds is 4. The average Bonchev–Trinajstić information content (AvgIpc) is 3.33. The van der Waals surface area contributed by atoms with E-state index in [0.29, 0.717) is 45.5 Å². The van der Waals surface area contributed by atoms with Gasteiger partial charge in [-0.1, -0.05) is 0 Å². The zero-order chi connectivity index (χ0) is 24.8. The van der Waals surface area contributed by atoms with E-state index in [2.05, 4.69) is 21.4 Å². The van der Waals surface area contributed by atoms with E-state index < -0.39 is 11.4 Å². The van der Waals surface area contributed by atoms with Crippen LogP contribution in [0.4, 0.5) is 10.1 Å². The summed E-state index contributed by atoms with van der Waals surface area (Å²) >= 11 is 0. The van der Waals surface area contributed by atoms with Crippen LogP contribution in [0.1, 0.15) is 36.9 Å². The topological polar surface area (TPSA) is 124 Å². The molecule has 0 atom stereocenters. The summed E-state index contributed by atoms with van der Waals surface area (Å²) in [5, 5.41) is 13.7. The van der Waals surface area contributed by atoms with Crippen LogP contribution >= 0.6 is 0 Å². The second-order valence-corrected chi connectivity index (χ2v) is 9.21. The summed E-state index contributed by atoms with van der Waals surface area (Å²) in [7, 11) is 0. The molecule has 1 aliphatic heterocycles. The minimum atomic E-state index is -0.461. The number of nitrogens with one attached hydrogen (secondary N) is 2. The monoisotopic (exact) mass is 487 g/mol. The molecule has 1 amide bonds. The Morgan fingerprint density at radius 1 is 1.17 bits per heavy atom. The van der Waals surface area contributed by atoms with Crippen LogP contribution in [0.25, 0.3) is 21.9 Å². The van der Waals surface area contributed by atoms with E-state index in [1.165, 1.54) is 24.4 Å². The molecule has 2 N–H and O–H groups in total. The average molecular weight is 487 g/mol. The van der Waals surface area contributed by atoms with E-state index in [-0.39, 0.29) is 24.6 Å². The normalized spacial score (nSPS) is 19.8. The number of fused-ring (bicyclic) bond motifs is 4. The standard InChI is InChI=1S/C26H22FN5O4/c27-15-1-6-22-19(8-15)24-20(26(34)36-22)9-17(31-24)12-29-16-2-4-18(5-3-16)32-21-7-14(10-28)11-30-25(21)35-13-23(32)33/h1,6-9,11,16,18,29,31H,2-5,12-13H2. The summed E-state index contributed by atoms with van der Waals surface area (Å²) < 4.78 is 24.6. The number of hydrogen-bond acceptors (Lipinski definition) is 7. The number of aromatic nitrogens is 2. The van der Waals surface area contributed by atoms with Crippen molar-refractivity contribution in [3.63, 3.8) is 0 Å². The number of aromatic amines is 1. The molecule has 0 spiro atoms. The van der Waals surface area contributed by atoms with E-state index in [1.54, 1.807) is 17.0 Å². The van der Waals surface area contributed by atoms with Crippen molar-refractivity contribution in [1.29, 1.82) is 5.26 Å². The first-order chi connectivity index (χ1) is 17.5. The Morgan fingerprint density at radius 2 is 2.00 bits per heavy atom. The highest BCUT2D eigenvalue weighted by atomic mass is 19.1. The molecule has 0 unspecified atom stereocenters. The van der Waals surface area contributed by atoms with Crippen LogP contribution in [-0.2, 0) is 11.3 Å². The molecule has 0 saturated heterocycles. The van der Waals surface area contributed by atoms with Crippen molar-refractivity contribution in [2.45, 2.75) is 44.3 Å². The van der Waals surface area contributed by atoms with Crippen molar-refractivity contribution in [3.8, 4) is 11.9 Å². The molecule has 36 heavy (non-hydrogen) atoms. The van der Waals surface area contributed by atoms with Crippen LogP contribution in [0.2, 0.25) is 0 Å². The summed E-state index contributed by atoms with van der Waals surface area (Å²) in [6, 6.07) is 9.79. The van der Waals surface area contributed by atoms with E-state index in [9.17, 15) is 19.2 Å². The van der Waals surface area contributed by atoms with Gasteiger partial charge in [0.15, 0.2) is 6.61 Å². The highest BCUT2D eigenvalue weighted by Crippen LogP contribution is 2.36. The van der Waals surface area contributed by atoms with Gasteiger partial charge in [-0.15, -0.1) is 0 Å². The molecule has 1 aliphatic carbocycles. The summed E-state index contributed by atoms with van der Waals surface area (Å²) in [5.41, 5.74) is 2.19. The third-order valence-corrected chi connectivity index (χ3v) is 6.97. The number of halogens is 1. The number of hydrogen-bond donors (Lipinski definition) is 2. The Bertz CT molecular complexity index is 1600. The largest absolute Gasteiger partial charge is 0.466 e. The predicted octanol–water partition coefficient (Wildman–Crippen LogP) is 3.51. The second kappa shape index (κ2) is 8.77. The molecular weight excluding hydrogens is 465 g/mol. The molecule has 10 heteroatoms. The van der Waals surface area contributed by atoms with Crippen LogP contribution in [0, 0.1) is 17.1 Å². The molecule has 4 heterocycles. The van der Waals surface area contributed by atoms with Gasteiger partial charge in [-0.05, 0) is 56.0 Å². The van der Waals surface area contributed by atoms with Gasteiger partial charge in [0, 0.05) is 35.9 Å². The number of benzene rings is 1. The fourth-order valence-corrected chi connectivity index (χ4v) is 5.23. The summed E-state index contributed by atoms with van der Waals surface area (Å²) in [4.78, 5) is 34.2. The van der Waals surface area contributed by atoms with Gasteiger partial charge < -0.3 is 24.4 Å². The number of carbonyl (C=O) groups excluding carboxylic acids is 1. The Balaban J connectivity index is 1.14. The van der Waals surface area contributed by atoms with Gasteiger partial charge in [-0.25, -0.2) is 14.2 Å². The quantitative estimate of drug-likeness (QED) is 0.422. The smallest absolute Gasteiger partial charge is 0.345 e. The Kier molecular flexibility index (Phi) is 5.42. The first kappa shape index (κ1) is 22.2. The summed E-state index contributed by atoms with van der Waals surface area (Å²) in [6.45, 7) is 0.450. The number of ether oxygens (including phenoxy) is 1. The van der Waals surface area contributed by atoms with Crippen molar-refractivity contribution < 1.29 is 18.3 Å². The third-order valence-electron chi connectivity index (χ3n) is 6.97. The van der Waals surface area contributed by atoms with Crippen LogP contribution in [-0.4, -0.2) is 34.6 Å². The molecular formula is C26H22FN5O4. The molecule has 1 aromatic carbocycles. The lowest BCUT2D eigenvalue weighted by Gasteiger charge is -2.39. The SMILES string of the molecule is N#Cc1cnc2c(c1)N(C1CCC(NCc3cc4c(=O)oc5ccc(F)cc5c4[nH]3)CC1)C(=O)CO2. The van der Waals surface area contributed by atoms with Crippen molar-refractivity contribution in [2.24, 2.45) is 0 Å². The Labute approximate surface area is 204 Å². The van der Waals surface area contributed by atoms with Crippen molar-refractivity contribution in [3.05, 3.63) is 64.0 Å². The maximum absolute atomic E-state index is 13.8. The highest BCUT2D eigenvalue weighted by molar-refractivity contribution is 6.02. The lowest BCUT2D eigenvalue weighted by Crippen LogP contribution is -2.49. The maximum Gasteiger partial charge on any atom is 0.345 e. The lowest BCUT2D eigenvalue weighted by atomic mass is 9.89. The van der Waals surface area contributed by atoms with Crippen LogP contribution < -0.4 is 20.6 Å². The van der Waals surface area contributed by atoms with Crippen molar-refractivity contribution in [1.82, 2.24) is 15.3 Å². The van der Waals surface area contributed by atoms with Crippen LogP contribution in [0.15, 0.2) is 45.7 Å². The fourth-order valence-electron chi connectivity index (χ4n) is 5.23. The van der Waals surface area contributed by atoms with Crippen LogP contribution in [0.3, 0.4) is 0 Å². The molecule has 0 bridgehead atoms. The first-order valence-corrected chi connectivity index (χ1v) is 11.8. The molecule has 182 valence electrons. The van der Waals surface area contributed by atoms with Gasteiger partial charge in [0.2, 0.25) is 5.88 Å². The van der Waals surface area contributed by atoms with E-state index >= 15 is 0 Å². The molecule has 6 rings (SSSR count). The predicted molar refractivity (Wildman–Crippen MR) is 129 cm³/mol. The number of pyridine rings is 1. The molecule has 1 saturated carbocycles. The van der Waals surface area contributed by atoms with Gasteiger partial charge in [0.1, 0.15) is 23.2 Å². The minimum Gasteiger partial charge on any atom is -0.466 e. The van der Waals surface area contributed by atoms with E-state index in [1.807, 2.05) is 0 Å².